The largest absolute Gasteiger partial charge is 0.355 e. The number of hydrogen-bond donors (Lipinski definition) is 1. The van der Waals surface area contributed by atoms with E-state index in [9.17, 15) is 4.79 Å². The monoisotopic (exact) mass is 355 g/mol. The van der Waals surface area contributed by atoms with E-state index in [1.807, 2.05) is 6.20 Å². The van der Waals surface area contributed by atoms with E-state index in [-0.39, 0.29) is 11.8 Å². The van der Waals surface area contributed by atoms with Gasteiger partial charge in [-0.15, -0.1) is 0 Å². The van der Waals surface area contributed by atoms with Gasteiger partial charge in [-0.25, -0.2) is 4.98 Å². The molecule has 1 unspecified atom stereocenters. The van der Waals surface area contributed by atoms with Gasteiger partial charge in [0, 0.05) is 30.5 Å². The van der Waals surface area contributed by atoms with Gasteiger partial charge in [-0.3, -0.25) is 4.79 Å². The highest BCUT2D eigenvalue weighted by Crippen LogP contribution is 2.29. The minimum Gasteiger partial charge on any atom is -0.355 e. The van der Waals surface area contributed by atoms with Gasteiger partial charge in [0.1, 0.15) is 5.82 Å². The number of aryl methyl sites for hydroxylation is 1. The van der Waals surface area contributed by atoms with E-state index in [2.05, 4.69) is 37.8 Å². The van der Waals surface area contributed by atoms with E-state index in [1.165, 1.54) is 36.8 Å². The normalized spacial score (nSPS) is 20.0. The zero-order valence-electron chi connectivity index (χ0n) is 14.5. The van der Waals surface area contributed by atoms with Crippen molar-refractivity contribution in [3.8, 4) is 11.3 Å². The molecule has 1 aliphatic carbocycles. The van der Waals surface area contributed by atoms with Crippen molar-refractivity contribution in [2.45, 2.75) is 51.5 Å². The number of carbonyl (C=O) groups is 1. The van der Waals surface area contributed by atoms with Gasteiger partial charge in [0.2, 0.25) is 5.91 Å². The number of imidazole rings is 1. The number of thiophene rings is 1. The Hall–Kier alpha value is -1.88. The van der Waals surface area contributed by atoms with Crippen molar-refractivity contribution in [3.63, 3.8) is 0 Å². The molecule has 1 atom stereocenters. The molecule has 132 valence electrons. The second kappa shape index (κ2) is 7.56. The van der Waals surface area contributed by atoms with Crippen LogP contribution >= 0.6 is 11.3 Å². The third-order valence-corrected chi connectivity index (χ3v) is 6.06. The van der Waals surface area contributed by atoms with Crippen molar-refractivity contribution < 1.29 is 4.79 Å². The summed E-state index contributed by atoms with van der Waals surface area (Å²) in [5, 5.41) is 7.40. The molecule has 0 saturated heterocycles. The summed E-state index contributed by atoms with van der Waals surface area (Å²) in [6, 6.07) is 2.12. The molecule has 4 nitrogen and oxygen atoms in total. The number of nitrogens with zero attached hydrogens (tertiary/aromatic N) is 2. The Morgan fingerprint density at radius 2 is 2.32 bits per heavy atom. The summed E-state index contributed by atoms with van der Waals surface area (Å²) in [6.45, 7) is 1.52. The summed E-state index contributed by atoms with van der Waals surface area (Å²) < 4.78 is 2.24. The molecule has 2 aliphatic rings. The average molecular weight is 356 g/mol. The summed E-state index contributed by atoms with van der Waals surface area (Å²) in [6.07, 6.45) is 12.1. The van der Waals surface area contributed by atoms with Crippen LogP contribution < -0.4 is 5.32 Å². The molecule has 1 N–H and O–H groups in total. The van der Waals surface area contributed by atoms with Crippen LogP contribution in [-0.2, 0) is 17.8 Å². The summed E-state index contributed by atoms with van der Waals surface area (Å²) in [4.78, 5) is 17.2. The number of fused-ring (bicyclic) bond motifs is 1. The first kappa shape index (κ1) is 16.6. The third kappa shape index (κ3) is 3.71. The Morgan fingerprint density at radius 1 is 1.36 bits per heavy atom. The minimum absolute atomic E-state index is 0.0550. The zero-order valence-corrected chi connectivity index (χ0v) is 15.4. The lowest BCUT2D eigenvalue weighted by Gasteiger charge is -2.24. The van der Waals surface area contributed by atoms with Crippen LogP contribution in [0.2, 0.25) is 0 Å². The molecule has 4 rings (SSSR count). The van der Waals surface area contributed by atoms with Crippen LogP contribution in [0.4, 0.5) is 0 Å². The van der Waals surface area contributed by atoms with Crippen molar-refractivity contribution in [2.24, 2.45) is 5.92 Å². The zero-order chi connectivity index (χ0) is 17.1. The van der Waals surface area contributed by atoms with E-state index in [1.54, 1.807) is 11.3 Å². The molecule has 5 heteroatoms. The van der Waals surface area contributed by atoms with Crippen molar-refractivity contribution in [1.29, 1.82) is 0 Å². The second-order valence-corrected chi connectivity index (χ2v) is 7.85. The molecule has 2 aromatic heterocycles. The van der Waals surface area contributed by atoms with E-state index < -0.39 is 0 Å². The van der Waals surface area contributed by atoms with Crippen LogP contribution in [-0.4, -0.2) is 22.0 Å². The predicted molar refractivity (Wildman–Crippen MR) is 102 cm³/mol. The summed E-state index contributed by atoms with van der Waals surface area (Å²) in [5.41, 5.74) is 3.86. The topological polar surface area (TPSA) is 46.9 Å². The molecule has 0 fully saturated rings. The van der Waals surface area contributed by atoms with E-state index in [4.69, 9.17) is 0 Å². The van der Waals surface area contributed by atoms with Crippen LogP contribution in [0.25, 0.3) is 11.3 Å². The van der Waals surface area contributed by atoms with Crippen molar-refractivity contribution in [3.05, 3.63) is 40.5 Å². The quantitative estimate of drug-likeness (QED) is 0.818. The highest BCUT2D eigenvalue weighted by molar-refractivity contribution is 7.08. The van der Waals surface area contributed by atoms with Crippen molar-refractivity contribution >= 4 is 17.2 Å². The number of hydrogen-bond acceptors (Lipinski definition) is 3. The summed E-state index contributed by atoms with van der Waals surface area (Å²) >= 11 is 1.69. The lowest BCUT2D eigenvalue weighted by Crippen LogP contribution is -2.36. The molecule has 25 heavy (non-hydrogen) atoms. The van der Waals surface area contributed by atoms with Gasteiger partial charge >= 0.3 is 0 Å². The fourth-order valence-electron chi connectivity index (χ4n) is 3.91. The van der Waals surface area contributed by atoms with Gasteiger partial charge in [-0.1, -0.05) is 11.6 Å². The SMILES string of the molecule is O=C(NCCC1=CCCCC1)C1CCc2ncc(-c3ccsc3)n2C1. The Bertz CT molecular complexity index is 760. The van der Waals surface area contributed by atoms with Gasteiger partial charge < -0.3 is 9.88 Å². The van der Waals surface area contributed by atoms with Gasteiger partial charge in [-0.2, -0.15) is 11.3 Å². The van der Waals surface area contributed by atoms with Gasteiger partial charge in [0.25, 0.3) is 0 Å². The Labute approximate surface area is 153 Å². The fraction of sp³-hybridized carbons (Fsp3) is 0.500. The number of rotatable bonds is 5. The first-order chi connectivity index (χ1) is 12.3. The molecule has 1 aliphatic heterocycles. The smallest absolute Gasteiger partial charge is 0.224 e. The highest BCUT2D eigenvalue weighted by Gasteiger charge is 2.27. The van der Waals surface area contributed by atoms with Crippen LogP contribution in [0.15, 0.2) is 34.7 Å². The molecule has 1 amide bonds. The lowest BCUT2D eigenvalue weighted by atomic mass is 9.96. The minimum atomic E-state index is 0.0550. The molecule has 0 spiro atoms. The highest BCUT2D eigenvalue weighted by atomic mass is 32.1. The number of nitrogens with one attached hydrogen (secondary N) is 1. The molecular weight excluding hydrogens is 330 g/mol. The maximum atomic E-state index is 12.6. The molecule has 0 saturated carbocycles. The standard InChI is InChI=1S/C20H25N3OS/c24-20(21-10-8-15-4-2-1-3-5-15)16-6-7-19-22-12-18(23(19)13-16)17-9-11-25-14-17/h4,9,11-12,14,16H,1-3,5-8,10,13H2,(H,21,24). The lowest BCUT2D eigenvalue weighted by molar-refractivity contribution is -0.125. The Kier molecular flexibility index (Phi) is 5.02. The third-order valence-electron chi connectivity index (χ3n) is 5.38. The van der Waals surface area contributed by atoms with Crippen LogP contribution in [0.5, 0.6) is 0 Å². The molecule has 0 aromatic carbocycles. The first-order valence-electron chi connectivity index (χ1n) is 9.34. The summed E-state index contributed by atoms with van der Waals surface area (Å²) in [5.74, 6) is 1.36. The molecular formula is C20H25N3OS. The number of allylic oxidation sites excluding steroid dienone is 1. The summed E-state index contributed by atoms with van der Waals surface area (Å²) in [7, 11) is 0. The number of amides is 1. The fourth-order valence-corrected chi connectivity index (χ4v) is 4.56. The Morgan fingerprint density at radius 3 is 3.12 bits per heavy atom. The molecule has 0 bridgehead atoms. The first-order valence-corrected chi connectivity index (χ1v) is 10.3. The van der Waals surface area contributed by atoms with E-state index in [0.29, 0.717) is 0 Å². The van der Waals surface area contributed by atoms with Crippen molar-refractivity contribution in [2.75, 3.05) is 6.54 Å². The Balaban J connectivity index is 1.36. The van der Waals surface area contributed by atoms with Crippen molar-refractivity contribution in [1.82, 2.24) is 14.9 Å². The predicted octanol–water partition coefficient (Wildman–Crippen LogP) is 4.18. The second-order valence-electron chi connectivity index (χ2n) is 7.07. The molecule has 2 aromatic rings. The van der Waals surface area contributed by atoms with Crippen LogP contribution in [0, 0.1) is 5.92 Å². The number of aromatic nitrogens is 2. The van der Waals surface area contributed by atoms with Gasteiger partial charge in [0.15, 0.2) is 0 Å². The maximum Gasteiger partial charge on any atom is 0.224 e. The molecule has 0 radical (unpaired) electrons. The molecule has 3 heterocycles. The average Bonchev–Trinajstić information content (AvgIpc) is 3.31. The van der Waals surface area contributed by atoms with Crippen LogP contribution in [0.3, 0.4) is 0 Å². The van der Waals surface area contributed by atoms with E-state index in [0.717, 1.165) is 43.9 Å². The van der Waals surface area contributed by atoms with E-state index >= 15 is 0 Å². The van der Waals surface area contributed by atoms with Crippen LogP contribution in [0.1, 0.15) is 44.3 Å². The van der Waals surface area contributed by atoms with Gasteiger partial charge in [0.05, 0.1) is 17.8 Å². The number of carbonyl (C=O) groups excluding carboxylic acids is 1. The maximum absolute atomic E-state index is 12.6. The van der Waals surface area contributed by atoms with Gasteiger partial charge in [-0.05, 0) is 50.0 Å².